The zero-order chi connectivity index (χ0) is 24.3. The molecule has 0 fully saturated rings. The van der Waals surface area contributed by atoms with E-state index in [1.165, 1.54) is 11.3 Å². The minimum absolute atomic E-state index is 0.238. The molecule has 4 rings (SSSR count). The van der Waals surface area contributed by atoms with Gasteiger partial charge in [0.2, 0.25) is 5.95 Å². The van der Waals surface area contributed by atoms with Crippen molar-refractivity contribution in [2.45, 2.75) is 32.5 Å². The van der Waals surface area contributed by atoms with Crippen molar-refractivity contribution in [3.8, 4) is 10.4 Å². The number of rotatable bonds is 10. The van der Waals surface area contributed by atoms with Crippen molar-refractivity contribution in [3.05, 3.63) is 53.2 Å². The Morgan fingerprint density at radius 2 is 2.09 bits per heavy atom. The predicted molar refractivity (Wildman–Crippen MR) is 136 cm³/mol. The van der Waals surface area contributed by atoms with Crippen molar-refractivity contribution in [1.82, 2.24) is 30.0 Å². The van der Waals surface area contributed by atoms with Crippen LogP contribution in [0.5, 0.6) is 0 Å². The standard InChI is InChI=1S/C24H31N7O2S/c1-24(2,33)15-31-19-6-5-16(12-25-9-10-30(3)4)11-18(19)28-23(31)29-22(32)21-8-7-20(34-21)17-13-26-27-14-17/h5-8,11,13-14,25,33H,9-10,12,15H2,1-4H3,(H,26,27)(H,28,29,32). The van der Waals surface area contributed by atoms with Crippen molar-refractivity contribution in [2.24, 2.45) is 0 Å². The van der Waals surface area contributed by atoms with Crippen LogP contribution in [0.3, 0.4) is 0 Å². The lowest BCUT2D eigenvalue weighted by Gasteiger charge is -2.20. The summed E-state index contributed by atoms with van der Waals surface area (Å²) in [6.07, 6.45) is 3.52. The fourth-order valence-corrected chi connectivity index (χ4v) is 4.51. The van der Waals surface area contributed by atoms with Crippen LogP contribution in [0.2, 0.25) is 0 Å². The van der Waals surface area contributed by atoms with Crippen LogP contribution in [-0.2, 0) is 13.1 Å². The van der Waals surface area contributed by atoms with Gasteiger partial charge in [-0.25, -0.2) is 4.98 Å². The molecule has 34 heavy (non-hydrogen) atoms. The maximum absolute atomic E-state index is 13.0. The highest BCUT2D eigenvalue weighted by molar-refractivity contribution is 7.17. The van der Waals surface area contributed by atoms with E-state index in [4.69, 9.17) is 4.98 Å². The number of aromatic amines is 1. The predicted octanol–water partition coefficient (Wildman–Crippen LogP) is 3.16. The minimum Gasteiger partial charge on any atom is -0.389 e. The fourth-order valence-electron chi connectivity index (χ4n) is 3.63. The van der Waals surface area contributed by atoms with Crippen LogP contribution in [0.25, 0.3) is 21.5 Å². The number of aliphatic hydroxyl groups is 1. The third kappa shape index (κ3) is 5.89. The number of hydrogen-bond donors (Lipinski definition) is 4. The number of anilines is 1. The number of hydrogen-bond acceptors (Lipinski definition) is 7. The van der Waals surface area contributed by atoms with E-state index in [0.717, 1.165) is 46.7 Å². The van der Waals surface area contributed by atoms with Gasteiger partial charge in [-0.1, -0.05) is 6.07 Å². The number of amides is 1. The van der Waals surface area contributed by atoms with Gasteiger partial charge in [0.15, 0.2) is 0 Å². The van der Waals surface area contributed by atoms with Crippen LogP contribution in [0.4, 0.5) is 5.95 Å². The number of aromatic nitrogens is 4. The normalized spacial score (nSPS) is 12.1. The molecule has 0 bridgehead atoms. The summed E-state index contributed by atoms with van der Waals surface area (Å²) in [6, 6.07) is 9.77. The summed E-state index contributed by atoms with van der Waals surface area (Å²) in [5, 5.41) is 23.6. The molecule has 9 nitrogen and oxygen atoms in total. The van der Waals surface area contributed by atoms with Gasteiger partial charge >= 0.3 is 0 Å². The summed E-state index contributed by atoms with van der Waals surface area (Å²) in [7, 11) is 4.10. The number of benzene rings is 1. The molecule has 0 radical (unpaired) electrons. The van der Waals surface area contributed by atoms with Crippen molar-refractivity contribution in [3.63, 3.8) is 0 Å². The van der Waals surface area contributed by atoms with E-state index in [1.54, 1.807) is 32.3 Å². The summed E-state index contributed by atoms with van der Waals surface area (Å²) < 4.78 is 1.86. The van der Waals surface area contributed by atoms with Crippen molar-refractivity contribution in [1.29, 1.82) is 0 Å². The molecular formula is C24H31N7O2S. The van der Waals surface area contributed by atoms with E-state index >= 15 is 0 Å². The largest absolute Gasteiger partial charge is 0.389 e. The lowest BCUT2D eigenvalue weighted by molar-refractivity contribution is 0.0630. The zero-order valence-electron chi connectivity index (χ0n) is 19.9. The molecule has 180 valence electrons. The molecule has 3 heterocycles. The maximum atomic E-state index is 13.0. The fraction of sp³-hybridized carbons (Fsp3) is 0.375. The van der Waals surface area contributed by atoms with Crippen LogP contribution in [0.1, 0.15) is 29.1 Å². The number of likely N-dealkylation sites (N-methyl/N-ethyl adjacent to an activating group) is 1. The first-order valence-corrected chi connectivity index (χ1v) is 12.0. The lowest BCUT2D eigenvalue weighted by Crippen LogP contribution is -2.27. The average Bonchev–Trinajstić information content (AvgIpc) is 3.50. The van der Waals surface area contributed by atoms with Crippen molar-refractivity contribution in [2.75, 3.05) is 32.5 Å². The van der Waals surface area contributed by atoms with E-state index < -0.39 is 5.60 Å². The van der Waals surface area contributed by atoms with Gasteiger partial charge < -0.3 is 19.9 Å². The number of fused-ring (bicyclic) bond motifs is 1. The smallest absolute Gasteiger partial charge is 0.268 e. The topological polar surface area (TPSA) is 111 Å². The maximum Gasteiger partial charge on any atom is 0.268 e. The van der Waals surface area contributed by atoms with Crippen molar-refractivity contribution < 1.29 is 9.90 Å². The molecule has 4 N–H and O–H groups in total. The Morgan fingerprint density at radius 3 is 2.79 bits per heavy atom. The Kier molecular flexibility index (Phi) is 7.13. The molecule has 0 saturated carbocycles. The number of nitrogens with zero attached hydrogens (tertiary/aromatic N) is 4. The summed E-state index contributed by atoms with van der Waals surface area (Å²) in [5.74, 6) is 0.177. The summed E-state index contributed by atoms with van der Waals surface area (Å²) >= 11 is 1.39. The summed E-state index contributed by atoms with van der Waals surface area (Å²) in [6.45, 7) is 6.36. The first kappa shape index (κ1) is 24.1. The van der Waals surface area contributed by atoms with Gasteiger partial charge in [0, 0.05) is 36.3 Å². The van der Waals surface area contributed by atoms with Gasteiger partial charge in [-0.3, -0.25) is 15.2 Å². The van der Waals surface area contributed by atoms with Crippen LogP contribution in [-0.4, -0.2) is 68.4 Å². The second-order valence-electron chi connectivity index (χ2n) is 9.24. The van der Waals surface area contributed by atoms with E-state index in [1.807, 2.05) is 36.9 Å². The van der Waals surface area contributed by atoms with Crippen LogP contribution in [0.15, 0.2) is 42.7 Å². The molecule has 0 unspecified atom stereocenters. The van der Waals surface area contributed by atoms with Crippen molar-refractivity contribution >= 4 is 34.2 Å². The van der Waals surface area contributed by atoms with E-state index in [-0.39, 0.29) is 5.91 Å². The Hall–Kier alpha value is -3.05. The van der Waals surface area contributed by atoms with Gasteiger partial charge in [-0.2, -0.15) is 5.10 Å². The van der Waals surface area contributed by atoms with E-state index in [0.29, 0.717) is 17.4 Å². The second kappa shape index (κ2) is 10.1. The molecule has 0 aliphatic heterocycles. The Bertz CT molecular complexity index is 1250. The Balaban J connectivity index is 1.57. The number of nitrogens with one attached hydrogen (secondary N) is 3. The number of imidazole rings is 1. The number of thiophene rings is 1. The first-order chi connectivity index (χ1) is 16.2. The number of carbonyl (C=O) groups excluding carboxylic acids is 1. The molecule has 3 aromatic heterocycles. The van der Waals surface area contributed by atoms with Gasteiger partial charge in [0.05, 0.1) is 34.3 Å². The molecule has 1 aromatic carbocycles. The van der Waals surface area contributed by atoms with Gasteiger partial charge in [-0.05, 0) is 57.8 Å². The average molecular weight is 482 g/mol. The second-order valence-corrected chi connectivity index (χ2v) is 10.3. The van der Waals surface area contributed by atoms with Crippen LogP contribution < -0.4 is 10.6 Å². The summed E-state index contributed by atoms with van der Waals surface area (Å²) in [4.78, 5) is 21.4. The monoisotopic (exact) mass is 481 g/mol. The molecule has 1 amide bonds. The summed E-state index contributed by atoms with van der Waals surface area (Å²) in [5.41, 5.74) is 2.71. The van der Waals surface area contributed by atoms with Crippen LogP contribution >= 0.6 is 11.3 Å². The Morgan fingerprint density at radius 1 is 1.26 bits per heavy atom. The molecular weight excluding hydrogens is 450 g/mol. The highest BCUT2D eigenvalue weighted by atomic mass is 32.1. The molecule has 0 saturated heterocycles. The quantitative estimate of drug-likeness (QED) is 0.259. The molecule has 0 aliphatic carbocycles. The van der Waals surface area contributed by atoms with Gasteiger partial charge in [-0.15, -0.1) is 11.3 Å². The van der Waals surface area contributed by atoms with Crippen LogP contribution in [0, 0.1) is 0 Å². The van der Waals surface area contributed by atoms with Gasteiger partial charge in [0.25, 0.3) is 5.91 Å². The molecule has 0 aliphatic rings. The SMILES string of the molecule is CN(C)CCNCc1ccc2c(c1)nc(NC(=O)c1ccc(-c3cn[nH]c3)s1)n2CC(C)(C)O. The minimum atomic E-state index is -0.975. The number of carbonyl (C=O) groups is 1. The first-order valence-electron chi connectivity index (χ1n) is 11.2. The Labute approximate surface area is 202 Å². The third-order valence-corrected chi connectivity index (χ3v) is 6.39. The molecule has 0 atom stereocenters. The molecule has 0 spiro atoms. The zero-order valence-corrected chi connectivity index (χ0v) is 20.7. The highest BCUT2D eigenvalue weighted by Crippen LogP contribution is 2.29. The molecule has 4 aromatic rings. The molecule has 10 heteroatoms. The third-order valence-electron chi connectivity index (χ3n) is 5.26. The highest BCUT2D eigenvalue weighted by Gasteiger charge is 2.21. The number of H-pyrrole nitrogens is 1. The van der Waals surface area contributed by atoms with E-state index in [9.17, 15) is 9.90 Å². The van der Waals surface area contributed by atoms with Gasteiger partial charge in [0.1, 0.15) is 0 Å². The van der Waals surface area contributed by atoms with E-state index in [2.05, 4.69) is 31.8 Å². The lowest BCUT2D eigenvalue weighted by atomic mass is 10.1.